The predicted octanol–water partition coefficient (Wildman–Crippen LogP) is 0.937. The molecule has 0 aromatic rings. The summed E-state index contributed by atoms with van der Waals surface area (Å²) in [6.07, 6.45) is 0. The molecule has 1 unspecified atom stereocenters. The van der Waals surface area contributed by atoms with Crippen LogP contribution in [0.4, 0.5) is 0 Å². The van der Waals surface area contributed by atoms with E-state index in [2.05, 4.69) is 9.56 Å². The molecule has 0 aliphatic rings. The Kier molecular flexibility index (Phi) is 3.23. The second-order valence-corrected chi connectivity index (χ2v) is 1.71. The lowest BCUT2D eigenvalue weighted by molar-refractivity contribution is -0.171. The number of rotatable bonds is 2. The summed E-state index contributed by atoms with van der Waals surface area (Å²) in [5, 5.41) is 0. The van der Waals surface area contributed by atoms with Gasteiger partial charge in [-0.25, -0.2) is 0 Å². The third-order valence-corrected chi connectivity index (χ3v) is 0.539. The number of hydrogen-bond acceptors (Lipinski definition) is 3. The predicted molar refractivity (Wildman–Crippen MR) is 21.6 cm³/mol. The molecular formula is C2H6O3P+. The van der Waals surface area contributed by atoms with Gasteiger partial charge < -0.3 is 0 Å². The van der Waals surface area contributed by atoms with Crippen molar-refractivity contribution >= 4 is 8.03 Å². The maximum absolute atomic E-state index is 9.84. The van der Waals surface area contributed by atoms with Gasteiger partial charge in [0.25, 0.3) is 0 Å². The van der Waals surface area contributed by atoms with Crippen LogP contribution in [0.25, 0.3) is 0 Å². The molecule has 1 atom stereocenters. The van der Waals surface area contributed by atoms with Gasteiger partial charge in [0.05, 0.1) is 7.11 Å². The molecular weight excluding hydrogens is 103 g/mol. The van der Waals surface area contributed by atoms with E-state index in [0.29, 0.717) is 0 Å². The van der Waals surface area contributed by atoms with Crippen molar-refractivity contribution in [3.63, 3.8) is 0 Å². The fourth-order valence-corrected chi connectivity index (χ4v) is 0.315. The largest absolute Gasteiger partial charge is 0.536 e. The Labute approximate surface area is 37.1 Å². The molecule has 0 bridgehead atoms. The van der Waals surface area contributed by atoms with Crippen LogP contribution < -0.4 is 0 Å². The lowest BCUT2D eigenvalue weighted by Crippen LogP contribution is -1.71. The van der Waals surface area contributed by atoms with Gasteiger partial charge in [0.15, 0.2) is 6.66 Å². The maximum atomic E-state index is 9.84. The third kappa shape index (κ3) is 4.02. The van der Waals surface area contributed by atoms with E-state index in [1.807, 2.05) is 0 Å². The van der Waals surface area contributed by atoms with Crippen molar-refractivity contribution in [1.82, 2.24) is 0 Å². The van der Waals surface area contributed by atoms with Crippen LogP contribution in [0.5, 0.6) is 0 Å². The minimum atomic E-state index is -1.57. The first-order valence-electron chi connectivity index (χ1n) is 1.39. The molecule has 0 spiro atoms. The maximum Gasteiger partial charge on any atom is 0.536 e. The lowest BCUT2D eigenvalue weighted by Gasteiger charge is -1.71. The first kappa shape index (κ1) is 6.02. The normalized spacial score (nSPS) is 11.3. The first-order valence-corrected chi connectivity index (χ1v) is 3.01. The van der Waals surface area contributed by atoms with Gasteiger partial charge in [-0.3, -0.25) is 0 Å². The Bertz CT molecular complexity index is 52.8. The fraction of sp³-hybridized carbons (Fsp3) is 1.00. The van der Waals surface area contributed by atoms with Gasteiger partial charge in [-0.15, -0.1) is 0 Å². The van der Waals surface area contributed by atoms with Gasteiger partial charge in [-0.05, 0) is 4.57 Å². The van der Waals surface area contributed by atoms with Gasteiger partial charge in [0.2, 0.25) is 0 Å². The Morgan fingerprint density at radius 3 is 2.17 bits per heavy atom. The van der Waals surface area contributed by atoms with E-state index >= 15 is 0 Å². The molecule has 4 heteroatoms. The van der Waals surface area contributed by atoms with Crippen LogP contribution in [0.1, 0.15) is 0 Å². The zero-order valence-electron chi connectivity index (χ0n) is 3.67. The van der Waals surface area contributed by atoms with E-state index in [9.17, 15) is 4.57 Å². The Morgan fingerprint density at radius 2 is 2.17 bits per heavy atom. The van der Waals surface area contributed by atoms with E-state index in [1.54, 1.807) is 0 Å². The second-order valence-electron chi connectivity index (χ2n) is 0.681. The summed E-state index contributed by atoms with van der Waals surface area (Å²) in [5.74, 6) is 0. The van der Waals surface area contributed by atoms with Gasteiger partial charge >= 0.3 is 8.03 Å². The van der Waals surface area contributed by atoms with Gasteiger partial charge in [0.1, 0.15) is 0 Å². The van der Waals surface area contributed by atoms with Crippen LogP contribution in [-0.2, 0) is 14.1 Å². The topological polar surface area (TPSA) is 35.5 Å². The smallest absolute Gasteiger partial charge is 0.193 e. The van der Waals surface area contributed by atoms with Crippen LogP contribution >= 0.6 is 8.03 Å². The van der Waals surface area contributed by atoms with Crippen LogP contribution in [-0.4, -0.2) is 13.8 Å². The molecule has 0 aliphatic carbocycles. The number of hydrogen-bond donors (Lipinski definition) is 0. The molecule has 36 valence electrons. The van der Waals surface area contributed by atoms with Crippen LogP contribution in [0.3, 0.4) is 0 Å². The Hall–Kier alpha value is 0.0200. The summed E-state index contributed by atoms with van der Waals surface area (Å²) in [5.41, 5.74) is 0. The minimum Gasteiger partial charge on any atom is -0.193 e. The third-order valence-electron chi connectivity index (χ3n) is 0.180. The summed E-state index contributed by atoms with van der Waals surface area (Å²) in [4.78, 5) is 4.02. The molecule has 0 N–H and O–H groups in total. The molecule has 0 saturated carbocycles. The van der Waals surface area contributed by atoms with E-state index in [4.69, 9.17) is 0 Å². The second kappa shape index (κ2) is 3.22. The van der Waals surface area contributed by atoms with Crippen molar-refractivity contribution in [1.29, 1.82) is 0 Å². The minimum absolute atomic E-state index is 1.32. The van der Waals surface area contributed by atoms with Crippen molar-refractivity contribution in [2.24, 2.45) is 0 Å². The molecule has 0 amide bonds. The molecule has 0 aromatic heterocycles. The van der Waals surface area contributed by atoms with E-state index in [0.717, 1.165) is 0 Å². The van der Waals surface area contributed by atoms with Crippen molar-refractivity contribution in [3.8, 4) is 0 Å². The van der Waals surface area contributed by atoms with Crippen molar-refractivity contribution in [2.45, 2.75) is 0 Å². The molecule has 0 rings (SSSR count). The molecule has 0 aromatic carbocycles. The van der Waals surface area contributed by atoms with Crippen LogP contribution in [0.2, 0.25) is 0 Å². The van der Waals surface area contributed by atoms with Crippen molar-refractivity contribution in [3.05, 3.63) is 0 Å². The first-order chi connectivity index (χ1) is 2.77. The highest BCUT2D eigenvalue weighted by Crippen LogP contribution is 2.13. The summed E-state index contributed by atoms with van der Waals surface area (Å²) in [6.45, 7) is 1.42. The standard InChI is InChI=1S/C2H6O3P/c1-4-5-6(2)3/h1-2H3/q+1. The molecule has 0 heterocycles. The monoisotopic (exact) mass is 109 g/mol. The highest BCUT2D eigenvalue weighted by atomic mass is 31.1. The molecule has 0 fully saturated rings. The van der Waals surface area contributed by atoms with Gasteiger partial charge in [-0.1, -0.05) is 0 Å². The Balaban J connectivity index is 2.83. The lowest BCUT2D eigenvalue weighted by atomic mass is 11.8. The Morgan fingerprint density at radius 1 is 1.67 bits per heavy atom. The highest BCUT2D eigenvalue weighted by Gasteiger charge is 2.03. The average Bonchev–Trinajstić information content (AvgIpc) is 1.35. The van der Waals surface area contributed by atoms with E-state index in [-0.39, 0.29) is 0 Å². The van der Waals surface area contributed by atoms with Gasteiger partial charge in [0, 0.05) is 4.67 Å². The quantitative estimate of drug-likeness (QED) is 0.300. The van der Waals surface area contributed by atoms with Crippen molar-refractivity contribution < 1.29 is 14.1 Å². The summed E-state index contributed by atoms with van der Waals surface area (Å²) in [7, 11) is -0.257. The highest BCUT2D eigenvalue weighted by molar-refractivity contribution is 7.37. The molecule has 0 saturated heterocycles. The summed E-state index contributed by atoms with van der Waals surface area (Å²) >= 11 is 0. The molecule has 0 aliphatic heterocycles. The average molecular weight is 109 g/mol. The SMILES string of the molecule is COO[P+](C)=O. The zero-order valence-corrected chi connectivity index (χ0v) is 4.57. The summed E-state index contributed by atoms with van der Waals surface area (Å²) in [6, 6.07) is 0. The van der Waals surface area contributed by atoms with E-state index < -0.39 is 8.03 Å². The van der Waals surface area contributed by atoms with Crippen molar-refractivity contribution in [2.75, 3.05) is 13.8 Å². The molecule has 3 nitrogen and oxygen atoms in total. The van der Waals surface area contributed by atoms with Crippen LogP contribution in [0.15, 0.2) is 0 Å². The molecule has 6 heavy (non-hydrogen) atoms. The van der Waals surface area contributed by atoms with E-state index in [1.165, 1.54) is 13.8 Å². The fourth-order valence-electron chi connectivity index (χ4n) is 0.105. The summed E-state index contributed by atoms with van der Waals surface area (Å²) < 4.78 is 13.9. The van der Waals surface area contributed by atoms with Gasteiger partial charge in [-0.2, -0.15) is 4.89 Å². The van der Waals surface area contributed by atoms with Crippen LogP contribution in [0, 0.1) is 0 Å². The molecule has 0 radical (unpaired) electrons. The zero-order chi connectivity index (χ0) is 4.99.